The van der Waals surface area contributed by atoms with Crippen molar-refractivity contribution in [2.45, 2.75) is 6.92 Å². The summed E-state index contributed by atoms with van der Waals surface area (Å²) < 4.78 is 26.3. The lowest BCUT2D eigenvalue weighted by Crippen LogP contribution is -2.13. The molecule has 29 heavy (non-hydrogen) atoms. The molecule has 148 valence electrons. The highest BCUT2D eigenvalue weighted by molar-refractivity contribution is 7.07. The second kappa shape index (κ2) is 7.84. The van der Waals surface area contributed by atoms with Crippen molar-refractivity contribution < 1.29 is 18.8 Å². The molecule has 8 nitrogen and oxygen atoms in total. The van der Waals surface area contributed by atoms with Gasteiger partial charge in [-0.05, 0) is 25.1 Å². The number of fused-ring (bicyclic) bond motifs is 1. The standard InChI is InChI=1S/C19H15FN4O4S/c1-2-21-19-23(16(10-29-19)13-5-3-4-6-14(13)20)22-9-12-7-17-18(28-11-27-17)8-15(12)24(25)26/h3-10H,2,11H2,1H3/b21-19?,22-9+. The van der Waals surface area contributed by atoms with Gasteiger partial charge in [0, 0.05) is 17.5 Å². The highest BCUT2D eigenvalue weighted by Gasteiger charge is 2.22. The van der Waals surface area contributed by atoms with Crippen molar-refractivity contribution in [2.75, 3.05) is 13.3 Å². The highest BCUT2D eigenvalue weighted by atomic mass is 32.1. The van der Waals surface area contributed by atoms with Crippen LogP contribution in [0.15, 0.2) is 51.9 Å². The molecule has 0 aliphatic carbocycles. The third-order valence-corrected chi connectivity index (χ3v) is 5.01. The minimum atomic E-state index is -0.517. The monoisotopic (exact) mass is 414 g/mol. The predicted molar refractivity (Wildman–Crippen MR) is 106 cm³/mol. The van der Waals surface area contributed by atoms with Crippen LogP contribution in [-0.4, -0.2) is 29.2 Å². The maximum absolute atomic E-state index is 14.3. The number of nitro groups is 1. The van der Waals surface area contributed by atoms with Gasteiger partial charge in [-0.1, -0.05) is 12.1 Å². The molecule has 2 aromatic carbocycles. The molecule has 2 heterocycles. The zero-order chi connectivity index (χ0) is 20.4. The van der Waals surface area contributed by atoms with E-state index in [0.717, 1.165) is 0 Å². The molecule has 0 fully saturated rings. The van der Waals surface area contributed by atoms with E-state index in [1.807, 2.05) is 6.92 Å². The highest BCUT2D eigenvalue weighted by Crippen LogP contribution is 2.37. The molecular formula is C19H15FN4O4S. The van der Waals surface area contributed by atoms with Crippen LogP contribution < -0.4 is 14.3 Å². The second-order valence-electron chi connectivity index (χ2n) is 5.94. The second-order valence-corrected chi connectivity index (χ2v) is 6.77. The Balaban J connectivity index is 1.84. The summed E-state index contributed by atoms with van der Waals surface area (Å²) in [7, 11) is 0. The largest absolute Gasteiger partial charge is 0.454 e. The van der Waals surface area contributed by atoms with E-state index in [1.54, 1.807) is 23.6 Å². The van der Waals surface area contributed by atoms with Crippen LogP contribution in [-0.2, 0) is 0 Å². The van der Waals surface area contributed by atoms with Gasteiger partial charge in [0.05, 0.1) is 28.5 Å². The van der Waals surface area contributed by atoms with Gasteiger partial charge >= 0.3 is 0 Å². The number of ether oxygens (including phenoxy) is 2. The topological polar surface area (TPSA) is 91.2 Å². The Labute approximate surface area is 168 Å². The van der Waals surface area contributed by atoms with Crippen LogP contribution in [0.5, 0.6) is 11.5 Å². The minimum absolute atomic E-state index is 0.00330. The summed E-state index contributed by atoms with van der Waals surface area (Å²) in [6, 6.07) is 9.13. The Bertz CT molecular complexity index is 1190. The van der Waals surface area contributed by atoms with E-state index < -0.39 is 10.7 Å². The Kier molecular flexibility index (Phi) is 5.09. The van der Waals surface area contributed by atoms with Crippen molar-refractivity contribution in [1.29, 1.82) is 0 Å². The first-order chi connectivity index (χ1) is 14.1. The molecule has 1 aliphatic rings. The van der Waals surface area contributed by atoms with Crippen molar-refractivity contribution >= 4 is 23.2 Å². The van der Waals surface area contributed by atoms with Gasteiger partial charge in [-0.25, -0.2) is 9.07 Å². The van der Waals surface area contributed by atoms with Crippen LogP contribution in [0.2, 0.25) is 0 Å². The molecule has 0 radical (unpaired) electrons. The molecular weight excluding hydrogens is 399 g/mol. The van der Waals surface area contributed by atoms with E-state index >= 15 is 0 Å². The van der Waals surface area contributed by atoms with Crippen molar-refractivity contribution in [3.63, 3.8) is 0 Å². The van der Waals surface area contributed by atoms with E-state index in [-0.39, 0.29) is 18.0 Å². The molecule has 0 saturated carbocycles. The van der Waals surface area contributed by atoms with Crippen LogP contribution in [0.1, 0.15) is 12.5 Å². The van der Waals surface area contributed by atoms with Crippen molar-refractivity contribution in [3.8, 4) is 22.8 Å². The lowest BCUT2D eigenvalue weighted by Gasteiger charge is -2.05. The molecule has 0 amide bonds. The number of nitro benzene ring substituents is 1. The molecule has 1 aromatic heterocycles. The number of rotatable bonds is 5. The zero-order valence-corrected chi connectivity index (χ0v) is 16.1. The van der Waals surface area contributed by atoms with Crippen LogP contribution in [0.25, 0.3) is 11.3 Å². The van der Waals surface area contributed by atoms with Crippen LogP contribution >= 0.6 is 11.3 Å². The Morgan fingerprint density at radius 3 is 2.79 bits per heavy atom. The molecule has 0 bridgehead atoms. The number of halogens is 1. The fourth-order valence-corrected chi connectivity index (χ4v) is 3.73. The lowest BCUT2D eigenvalue weighted by molar-refractivity contribution is -0.385. The number of nitrogens with zero attached hydrogens (tertiary/aromatic N) is 4. The van der Waals surface area contributed by atoms with Crippen molar-refractivity contribution in [3.05, 3.63) is 68.1 Å². The number of hydrogen-bond donors (Lipinski definition) is 0. The summed E-state index contributed by atoms with van der Waals surface area (Å²) in [4.78, 5) is 15.9. The summed E-state index contributed by atoms with van der Waals surface area (Å²) >= 11 is 1.31. The third-order valence-electron chi connectivity index (χ3n) is 4.16. The van der Waals surface area contributed by atoms with Gasteiger partial charge < -0.3 is 9.47 Å². The van der Waals surface area contributed by atoms with E-state index in [9.17, 15) is 14.5 Å². The van der Waals surface area contributed by atoms with Gasteiger partial charge in [0.15, 0.2) is 11.5 Å². The Morgan fingerprint density at radius 2 is 2.07 bits per heavy atom. The summed E-state index contributed by atoms with van der Waals surface area (Å²) in [6.45, 7) is 2.39. The van der Waals surface area contributed by atoms with E-state index in [0.29, 0.717) is 34.1 Å². The van der Waals surface area contributed by atoms with Gasteiger partial charge in [-0.3, -0.25) is 15.1 Å². The molecule has 3 aromatic rings. The quantitative estimate of drug-likeness (QED) is 0.361. The first kappa shape index (κ1) is 18.8. The number of hydrogen-bond acceptors (Lipinski definition) is 7. The van der Waals surface area contributed by atoms with Gasteiger partial charge in [0.1, 0.15) is 5.82 Å². The minimum Gasteiger partial charge on any atom is -0.454 e. The van der Waals surface area contributed by atoms with Gasteiger partial charge in [0.2, 0.25) is 11.6 Å². The van der Waals surface area contributed by atoms with E-state index in [4.69, 9.17) is 9.47 Å². The Morgan fingerprint density at radius 1 is 1.31 bits per heavy atom. The summed E-state index contributed by atoms with van der Waals surface area (Å²) in [5.41, 5.74) is 0.925. The molecule has 1 aliphatic heterocycles. The maximum atomic E-state index is 14.3. The summed E-state index contributed by atoms with van der Waals surface area (Å²) in [6.07, 6.45) is 1.34. The zero-order valence-electron chi connectivity index (χ0n) is 15.2. The fourth-order valence-electron chi connectivity index (χ4n) is 2.84. The maximum Gasteiger partial charge on any atom is 0.282 e. The van der Waals surface area contributed by atoms with Crippen LogP contribution in [0.3, 0.4) is 0 Å². The van der Waals surface area contributed by atoms with Crippen molar-refractivity contribution in [1.82, 2.24) is 4.68 Å². The molecule has 0 atom stereocenters. The number of thiazole rings is 1. The average Bonchev–Trinajstić information content (AvgIpc) is 3.32. The molecule has 0 spiro atoms. The first-order valence-corrected chi connectivity index (χ1v) is 9.54. The third kappa shape index (κ3) is 3.61. The molecule has 0 unspecified atom stereocenters. The predicted octanol–water partition coefficient (Wildman–Crippen LogP) is 3.80. The van der Waals surface area contributed by atoms with Crippen LogP contribution in [0.4, 0.5) is 10.1 Å². The normalized spacial score (nSPS) is 13.4. The summed E-state index contributed by atoms with van der Waals surface area (Å²) in [5, 5.41) is 17.6. The van der Waals surface area contributed by atoms with Gasteiger partial charge in [-0.15, -0.1) is 11.3 Å². The lowest BCUT2D eigenvalue weighted by atomic mass is 10.1. The van der Waals surface area contributed by atoms with E-state index in [2.05, 4.69) is 10.1 Å². The number of aromatic nitrogens is 1. The smallest absolute Gasteiger partial charge is 0.282 e. The van der Waals surface area contributed by atoms with E-state index in [1.165, 1.54) is 40.4 Å². The molecule has 10 heteroatoms. The van der Waals surface area contributed by atoms with Crippen molar-refractivity contribution in [2.24, 2.45) is 10.1 Å². The Hall–Kier alpha value is -3.53. The average molecular weight is 414 g/mol. The molecule has 4 rings (SSSR count). The molecule has 0 saturated heterocycles. The van der Waals surface area contributed by atoms with Gasteiger partial charge in [0.25, 0.3) is 5.69 Å². The molecule has 0 N–H and O–H groups in total. The SMILES string of the molecule is CCN=c1scc(-c2ccccc2F)n1/N=C/c1cc2c(cc1[N+](=O)[O-])OCO2. The first-order valence-electron chi connectivity index (χ1n) is 8.66. The van der Waals surface area contributed by atoms with Crippen LogP contribution in [0, 0.1) is 15.9 Å². The fraction of sp³-hybridized carbons (Fsp3) is 0.158. The number of benzene rings is 2. The summed E-state index contributed by atoms with van der Waals surface area (Å²) in [5.74, 6) is 0.317. The van der Waals surface area contributed by atoms with Gasteiger partial charge in [-0.2, -0.15) is 5.10 Å².